The van der Waals surface area contributed by atoms with Crippen LogP contribution < -0.4 is 0 Å². The summed E-state index contributed by atoms with van der Waals surface area (Å²) < 4.78 is 25.3. The molecule has 4 nitrogen and oxygen atoms in total. The van der Waals surface area contributed by atoms with Crippen molar-refractivity contribution < 1.29 is 12.6 Å². The molecule has 0 heterocycles. The van der Waals surface area contributed by atoms with Crippen LogP contribution in [0.5, 0.6) is 0 Å². The van der Waals surface area contributed by atoms with Gasteiger partial charge in [0.05, 0.1) is 24.8 Å². The van der Waals surface area contributed by atoms with Crippen LogP contribution in [0.4, 0.5) is 0 Å². The molecule has 58 valence electrons. The van der Waals surface area contributed by atoms with Crippen molar-refractivity contribution >= 4 is 10.1 Å². The van der Waals surface area contributed by atoms with E-state index in [1.807, 2.05) is 0 Å². The molecular formula is C5H9NO3S. The molecule has 0 radical (unpaired) electrons. The predicted molar refractivity (Wildman–Crippen MR) is 35.6 cm³/mol. The average molecular weight is 163 g/mol. The lowest BCUT2D eigenvalue weighted by atomic mass is 10.3. The van der Waals surface area contributed by atoms with Crippen LogP contribution in [-0.2, 0) is 14.3 Å². The zero-order chi connectivity index (χ0) is 8.20. The van der Waals surface area contributed by atoms with E-state index < -0.39 is 16.0 Å². The van der Waals surface area contributed by atoms with Crippen molar-refractivity contribution in [3.63, 3.8) is 0 Å². The van der Waals surface area contributed by atoms with Crippen molar-refractivity contribution in [2.24, 2.45) is 5.92 Å². The highest BCUT2D eigenvalue weighted by Gasteiger charge is 2.13. The molecule has 1 unspecified atom stereocenters. The lowest BCUT2D eigenvalue weighted by molar-refractivity contribution is 0.394. The van der Waals surface area contributed by atoms with E-state index in [0.717, 1.165) is 7.11 Å². The quantitative estimate of drug-likeness (QED) is 0.554. The van der Waals surface area contributed by atoms with Crippen LogP contribution in [0, 0.1) is 17.2 Å². The summed E-state index contributed by atoms with van der Waals surface area (Å²) in [6.45, 7) is 1.52. The van der Waals surface area contributed by atoms with Gasteiger partial charge in [0.2, 0.25) is 0 Å². The second-order valence-electron chi connectivity index (χ2n) is 1.92. The highest BCUT2D eigenvalue weighted by Crippen LogP contribution is 1.99. The van der Waals surface area contributed by atoms with E-state index >= 15 is 0 Å². The van der Waals surface area contributed by atoms with Crippen molar-refractivity contribution in [1.29, 1.82) is 5.26 Å². The van der Waals surface area contributed by atoms with Crippen LogP contribution in [0.3, 0.4) is 0 Å². The average Bonchev–Trinajstić information content (AvgIpc) is 1.87. The molecule has 5 heteroatoms. The molecule has 0 aromatic heterocycles. The molecule has 10 heavy (non-hydrogen) atoms. The minimum Gasteiger partial charge on any atom is -0.273 e. The number of hydrogen-bond donors (Lipinski definition) is 0. The zero-order valence-corrected chi connectivity index (χ0v) is 6.68. The van der Waals surface area contributed by atoms with E-state index in [1.54, 1.807) is 6.07 Å². The van der Waals surface area contributed by atoms with E-state index in [2.05, 4.69) is 4.18 Å². The summed E-state index contributed by atoms with van der Waals surface area (Å²) in [5, 5.41) is 8.22. The molecule has 0 amide bonds. The van der Waals surface area contributed by atoms with E-state index in [0.29, 0.717) is 0 Å². The second-order valence-corrected chi connectivity index (χ2v) is 3.70. The molecule has 0 rings (SSSR count). The van der Waals surface area contributed by atoms with Gasteiger partial charge >= 0.3 is 0 Å². The Kier molecular flexibility index (Phi) is 3.33. The van der Waals surface area contributed by atoms with E-state index in [-0.39, 0.29) is 5.75 Å². The van der Waals surface area contributed by atoms with E-state index in [4.69, 9.17) is 5.26 Å². The number of nitriles is 1. The van der Waals surface area contributed by atoms with Crippen molar-refractivity contribution in [3.8, 4) is 6.07 Å². The predicted octanol–water partition coefficient (Wildman–Crippen LogP) is 0.122. The van der Waals surface area contributed by atoms with Crippen LogP contribution in [0.1, 0.15) is 6.92 Å². The molecule has 0 aliphatic carbocycles. The zero-order valence-electron chi connectivity index (χ0n) is 5.86. The minimum absolute atomic E-state index is 0.236. The Hall–Kier alpha value is -0.600. The summed E-state index contributed by atoms with van der Waals surface area (Å²) in [5.41, 5.74) is 0. The molecule has 0 N–H and O–H groups in total. The molecule has 0 aromatic carbocycles. The summed E-state index contributed by atoms with van der Waals surface area (Å²) in [7, 11) is -2.37. The first-order valence-electron chi connectivity index (χ1n) is 2.69. The van der Waals surface area contributed by atoms with Crippen LogP contribution in [0.2, 0.25) is 0 Å². The first-order valence-corrected chi connectivity index (χ1v) is 4.27. The first-order chi connectivity index (χ1) is 4.52. The van der Waals surface area contributed by atoms with Gasteiger partial charge < -0.3 is 0 Å². The van der Waals surface area contributed by atoms with Gasteiger partial charge in [-0.15, -0.1) is 0 Å². The maximum absolute atomic E-state index is 10.6. The van der Waals surface area contributed by atoms with Gasteiger partial charge in [-0.3, -0.25) is 4.18 Å². The van der Waals surface area contributed by atoms with Crippen LogP contribution in [-0.4, -0.2) is 21.3 Å². The molecule has 0 saturated carbocycles. The van der Waals surface area contributed by atoms with Gasteiger partial charge in [0.1, 0.15) is 0 Å². The molecule has 0 aliphatic rings. The third-order valence-corrected chi connectivity index (χ3v) is 2.34. The third kappa shape index (κ3) is 3.43. The maximum Gasteiger partial charge on any atom is 0.268 e. The Balaban J connectivity index is 4.06. The number of hydrogen-bond acceptors (Lipinski definition) is 4. The third-order valence-electron chi connectivity index (χ3n) is 0.928. The van der Waals surface area contributed by atoms with Crippen LogP contribution >= 0.6 is 0 Å². The van der Waals surface area contributed by atoms with Crippen LogP contribution in [0.15, 0.2) is 0 Å². The Bertz CT molecular complexity index is 226. The fourth-order valence-electron chi connectivity index (χ4n) is 0.411. The molecule has 0 aliphatic heterocycles. The molecular weight excluding hydrogens is 154 g/mol. The molecule has 0 fully saturated rings. The highest BCUT2D eigenvalue weighted by atomic mass is 32.2. The number of nitrogens with zero attached hydrogens (tertiary/aromatic N) is 1. The van der Waals surface area contributed by atoms with E-state index in [9.17, 15) is 8.42 Å². The topological polar surface area (TPSA) is 67.2 Å². The molecule has 0 saturated heterocycles. The molecule has 1 atom stereocenters. The normalized spacial score (nSPS) is 14.1. The highest BCUT2D eigenvalue weighted by molar-refractivity contribution is 7.86. The fourth-order valence-corrected chi connectivity index (χ4v) is 1.23. The summed E-state index contributed by atoms with van der Waals surface area (Å²) >= 11 is 0. The smallest absolute Gasteiger partial charge is 0.268 e. The fraction of sp³-hybridized carbons (Fsp3) is 0.800. The second kappa shape index (κ2) is 3.54. The van der Waals surface area contributed by atoms with Crippen molar-refractivity contribution in [3.05, 3.63) is 0 Å². The lowest BCUT2D eigenvalue weighted by Gasteiger charge is -2.00. The first kappa shape index (κ1) is 9.40. The SMILES string of the molecule is COS(=O)(=O)CC(C)C#N. The Morgan fingerprint density at radius 2 is 2.20 bits per heavy atom. The Morgan fingerprint density at radius 1 is 1.70 bits per heavy atom. The summed E-state index contributed by atoms with van der Waals surface area (Å²) in [5.74, 6) is -0.745. The van der Waals surface area contributed by atoms with Gasteiger partial charge in [-0.2, -0.15) is 13.7 Å². The van der Waals surface area contributed by atoms with Gasteiger partial charge in [0.25, 0.3) is 10.1 Å². The monoisotopic (exact) mass is 163 g/mol. The maximum atomic E-state index is 10.6. The van der Waals surface area contributed by atoms with Gasteiger partial charge in [-0.05, 0) is 6.92 Å². The van der Waals surface area contributed by atoms with Crippen LogP contribution in [0.25, 0.3) is 0 Å². The van der Waals surface area contributed by atoms with Crippen molar-refractivity contribution in [2.75, 3.05) is 12.9 Å². The largest absolute Gasteiger partial charge is 0.273 e. The van der Waals surface area contributed by atoms with Gasteiger partial charge in [-0.25, -0.2) is 0 Å². The van der Waals surface area contributed by atoms with Gasteiger partial charge in [0.15, 0.2) is 0 Å². The van der Waals surface area contributed by atoms with Crippen molar-refractivity contribution in [1.82, 2.24) is 0 Å². The van der Waals surface area contributed by atoms with Gasteiger partial charge in [0, 0.05) is 0 Å². The summed E-state index contributed by atoms with van der Waals surface area (Å²) in [4.78, 5) is 0. The van der Waals surface area contributed by atoms with E-state index in [1.165, 1.54) is 6.92 Å². The van der Waals surface area contributed by atoms with Crippen molar-refractivity contribution in [2.45, 2.75) is 6.92 Å². The standard InChI is InChI=1S/C5H9NO3S/c1-5(3-6)4-10(7,8)9-2/h5H,4H2,1-2H3. The summed E-state index contributed by atoms with van der Waals surface area (Å²) in [6.07, 6.45) is 0. The molecule has 0 spiro atoms. The lowest BCUT2D eigenvalue weighted by Crippen LogP contribution is -2.13. The number of rotatable bonds is 3. The molecule has 0 aromatic rings. The minimum atomic E-state index is -3.45. The molecule has 0 bridgehead atoms. The van der Waals surface area contributed by atoms with Gasteiger partial charge in [-0.1, -0.05) is 0 Å². The Labute approximate surface area is 60.5 Å². The Morgan fingerprint density at radius 3 is 2.50 bits per heavy atom. The summed E-state index contributed by atoms with van der Waals surface area (Å²) in [6, 6.07) is 1.80.